The summed E-state index contributed by atoms with van der Waals surface area (Å²) >= 11 is 0. The maximum Gasteiger partial charge on any atom is 0.254 e. The third-order valence-corrected chi connectivity index (χ3v) is 4.75. The van der Waals surface area contributed by atoms with E-state index < -0.39 is 0 Å². The van der Waals surface area contributed by atoms with Gasteiger partial charge in [-0.15, -0.1) is 0 Å². The molecule has 6 heteroatoms. The molecule has 1 saturated heterocycles. The molecule has 1 aromatic heterocycles. The minimum absolute atomic E-state index is 0.0385. The summed E-state index contributed by atoms with van der Waals surface area (Å²) in [6, 6.07) is 9.60. The molecule has 0 aliphatic carbocycles. The van der Waals surface area contributed by atoms with Gasteiger partial charge < -0.3 is 19.7 Å². The Labute approximate surface area is 160 Å². The fraction of sp³-hybridized carbons (Fsp3) is 0.429. The minimum atomic E-state index is 0.0385. The Kier molecular flexibility index (Phi) is 6.65. The van der Waals surface area contributed by atoms with E-state index in [-0.39, 0.29) is 5.91 Å². The van der Waals surface area contributed by atoms with Gasteiger partial charge in [0.05, 0.1) is 6.61 Å². The van der Waals surface area contributed by atoms with Gasteiger partial charge in [0.1, 0.15) is 6.61 Å². The molecular weight excluding hydrogens is 342 g/mol. The lowest BCUT2D eigenvalue weighted by Crippen LogP contribution is -2.46. The third-order valence-electron chi connectivity index (χ3n) is 4.75. The van der Waals surface area contributed by atoms with Gasteiger partial charge in [-0.3, -0.25) is 9.78 Å². The summed E-state index contributed by atoms with van der Waals surface area (Å²) < 4.78 is 11.6. The van der Waals surface area contributed by atoms with Crippen LogP contribution in [0.5, 0.6) is 11.5 Å². The van der Waals surface area contributed by atoms with Crippen LogP contribution in [0.2, 0.25) is 0 Å². The number of likely N-dealkylation sites (N-methyl/N-ethyl adjacent to an activating group) is 1. The average Bonchev–Trinajstić information content (AvgIpc) is 2.73. The fourth-order valence-electron chi connectivity index (χ4n) is 3.25. The number of carbonyl (C=O) groups excluding carboxylic acids is 1. The van der Waals surface area contributed by atoms with Crippen molar-refractivity contribution in [1.29, 1.82) is 0 Å². The number of hydrogen-bond acceptors (Lipinski definition) is 5. The van der Waals surface area contributed by atoms with Gasteiger partial charge in [-0.25, -0.2) is 0 Å². The summed E-state index contributed by atoms with van der Waals surface area (Å²) in [5.41, 5.74) is 1.66. The van der Waals surface area contributed by atoms with E-state index in [4.69, 9.17) is 9.47 Å². The van der Waals surface area contributed by atoms with E-state index in [2.05, 4.69) is 10.3 Å². The number of nitrogens with zero attached hydrogens (tertiary/aromatic N) is 2. The van der Waals surface area contributed by atoms with E-state index in [1.807, 2.05) is 43.1 Å². The van der Waals surface area contributed by atoms with Crippen molar-refractivity contribution in [1.82, 2.24) is 15.2 Å². The molecule has 1 atom stereocenters. The van der Waals surface area contributed by atoms with Gasteiger partial charge in [-0.1, -0.05) is 0 Å². The number of benzene rings is 1. The number of amides is 1. The first-order chi connectivity index (χ1) is 13.2. The van der Waals surface area contributed by atoms with Crippen LogP contribution in [0, 0.1) is 0 Å². The quantitative estimate of drug-likeness (QED) is 0.813. The zero-order valence-corrected chi connectivity index (χ0v) is 16.0. The lowest BCUT2D eigenvalue weighted by molar-refractivity contribution is 0.0697. The molecule has 0 unspecified atom stereocenters. The topological polar surface area (TPSA) is 63.7 Å². The smallest absolute Gasteiger partial charge is 0.254 e. The normalized spacial score (nSPS) is 16.8. The average molecular weight is 369 g/mol. The molecule has 2 aromatic rings. The molecule has 1 aromatic carbocycles. The number of carbonyl (C=O) groups is 1. The molecule has 1 aliphatic heterocycles. The van der Waals surface area contributed by atoms with Crippen LogP contribution in [-0.4, -0.2) is 48.6 Å². The maximum atomic E-state index is 12.9. The Hall–Kier alpha value is -2.60. The van der Waals surface area contributed by atoms with E-state index in [1.54, 1.807) is 18.5 Å². The predicted octanol–water partition coefficient (Wildman–Crippen LogP) is 2.88. The molecule has 1 N–H and O–H groups in total. The van der Waals surface area contributed by atoms with Gasteiger partial charge in [0.2, 0.25) is 0 Å². The zero-order valence-electron chi connectivity index (χ0n) is 16.0. The van der Waals surface area contributed by atoms with Gasteiger partial charge >= 0.3 is 0 Å². The summed E-state index contributed by atoms with van der Waals surface area (Å²) in [4.78, 5) is 18.8. The number of aromatic nitrogens is 1. The summed E-state index contributed by atoms with van der Waals surface area (Å²) in [7, 11) is 1.95. The third kappa shape index (κ3) is 4.98. The van der Waals surface area contributed by atoms with E-state index in [0.29, 0.717) is 36.3 Å². The zero-order chi connectivity index (χ0) is 19.1. The highest BCUT2D eigenvalue weighted by Crippen LogP contribution is 2.30. The highest BCUT2D eigenvalue weighted by Gasteiger charge is 2.24. The molecule has 0 bridgehead atoms. The van der Waals surface area contributed by atoms with Crippen molar-refractivity contribution in [2.45, 2.75) is 32.4 Å². The van der Waals surface area contributed by atoms with Crippen LogP contribution in [0.4, 0.5) is 0 Å². The molecule has 1 fully saturated rings. The van der Waals surface area contributed by atoms with Crippen molar-refractivity contribution in [2.24, 2.45) is 0 Å². The number of piperidine rings is 1. The maximum absolute atomic E-state index is 12.9. The molecule has 144 valence electrons. The highest BCUT2D eigenvalue weighted by molar-refractivity contribution is 5.95. The Morgan fingerprint density at radius 2 is 2.04 bits per heavy atom. The van der Waals surface area contributed by atoms with Crippen LogP contribution in [-0.2, 0) is 6.61 Å². The standard InChI is InChI=1S/C21H27N3O3/c1-3-26-20-13-17(21(25)24-12-4-5-18(14-24)22-2)6-7-19(20)27-15-16-8-10-23-11-9-16/h6-11,13,18,22H,3-5,12,14-15H2,1-2H3/t18-/m0/s1. The van der Waals surface area contributed by atoms with Crippen molar-refractivity contribution in [2.75, 3.05) is 26.7 Å². The van der Waals surface area contributed by atoms with E-state index in [9.17, 15) is 4.79 Å². The predicted molar refractivity (Wildman–Crippen MR) is 104 cm³/mol. The van der Waals surface area contributed by atoms with Crippen LogP contribution < -0.4 is 14.8 Å². The Morgan fingerprint density at radius 3 is 2.78 bits per heavy atom. The molecule has 3 rings (SSSR count). The first-order valence-electron chi connectivity index (χ1n) is 9.46. The summed E-state index contributed by atoms with van der Waals surface area (Å²) in [5, 5.41) is 3.27. The number of pyridine rings is 1. The molecule has 6 nitrogen and oxygen atoms in total. The Morgan fingerprint density at radius 1 is 1.22 bits per heavy atom. The van der Waals surface area contributed by atoms with E-state index in [1.165, 1.54) is 0 Å². The van der Waals surface area contributed by atoms with E-state index in [0.717, 1.165) is 31.5 Å². The van der Waals surface area contributed by atoms with E-state index >= 15 is 0 Å². The van der Waals surface area contributed by atoms with Crippen molar-refractivity contribution < 1.29 is 14.3 Å². The van der Waals surface area contributed by atoms with Crippen molar-refractivity contribution in [3.8, 4) is 11.5 Å². The molecular formula is C21H27N3O3. The van der Waals surface area contributed by atoms with Gasteiger partial charge in [0, 0.05) is 37.1 Å². The van der Waals surface area contributed by atoms with Gasteiger partial charge in [0.15, 0.2) is 11.5 Å². The van der Waals surface area contributed by atoms with Crippen molar-refractivity contribution in [3.63, 3.8) is 0 Å². The Balaban J connectivity index is 1.73. The van der Waals surface area contributed by atoms with Crippen LogP contribution in [0.25, 0.3) is 0 Å². The number of hydrogen-bond donors (Lipinski definition) is 1. The second-order valence-electron chi connectivity index (χ2n) is 6.62. The van der Waals surface area contributed by atoms with Crippen LogP contribution in [0.15, 0.2) is 42.7 Å². The monoisotopic (exact) mass is 369 g/mol. The van der Waals surface area contributed by atoms with Gasteiger partial charge in [-0.05, 0) is 62.7 Å². The molecule has 1 amide bonds. The summed E-state index contributed by atoms with van der Waals surface area (Å²) in [5.74, 6) is 1.27. The molecule has 0 spiro atoms. The number of likely N-dealkylation sites (tertiary alicyclic amines) is 1. The molecule has 2 heterocycles. The minimum Gasteiger partial charge on any atom is -0.490 e. The van der Waals surface area contributed by atoms with Crippen molar-refractivity contribution in [3.05, 3.63) is 53.9 Å². The lowest BCUT2D eigenvalue weighted by Gasteiger charge is -2.32. The SMILES string of the molecule is CCOc1cc(C(=O)N2CCC[C@H](NC)C2)ccc1OCc1ccncc1. The van der Waals surface area contributed by atoms with Crippen LogP contribution in [0.1, 0.15) is 35.7 Å². The molecule has 1 aliphatic rings. The summed E-state index contributed by atoms with van der Waals surface area (Å²) in [6.07, 6.45) is 5.59. The molecule has 0 saturated carbocycles. The number of rotatable bonds is 7. The van der Waals surface area contributed by atoms with Gasteiger partial charge in [-0.2, -0.15) is 0 Å². The van der Waals surface area contributed by atoms with Gasteiger partial charge in [0.25, 0.3) is 5.91 Å². The second-order valence-corrected chi connectivity index (χ2v) is 6.62. The number of ether oxygens (including phenoxy) is 2. The molecule has 27 heavy (non-hydrogen) atoms. The van der Waals surface area contributed by atoms with Crippen molar-refractivity contribution >= 4 is 5.91 Å². The number of nitrogens with one attached hydrogen (secondary N) is 1. The lowest BCUT2D eigenvalue weighted by atomic mass is 10.0. The summed E-state index contributed by atoms with van der Waals surface area (Å²) in [6.45, 7) is 4.38. The first kappa shape index (κ1) is 19.2. The first-order valence-corrected chi connectivity index (χ1v) is 9.46. The highest BCUT2D eigenvalue weighted by atomic mass is 16.5. The largest absolute Gasteiger partial charge is 0.490 e. The van der Waals surface area contributed by atoms with Crippen LogP contribution >= 0.6 is 0 Å². The molecule has 0 radical (unpaired) electrons. The fourth-order valence-corrected chi connectivity index (χ4v) is 3.25. The van der Waals surface area contributed by atoms with Crippen LogP contribution in [0.3, 0.4) is 0 Å². The second kappa shape index (κ2) is 9.37. The Bertz CT molecular complexity index is 752.